The number of para-hydroxylation sites is 1. The number of nitriles is 1. The van der Waals surface area contributed by atoms with E-state index in [0.29, 0.717) is 18.7 Å². The number of hydrogen-bond acceptors (Lipinski definition) is 4. The van der Waals surface area contributed by atoms with Crippen molar-refractivity contribution in [2.24, 2.45) is 0 Å². The predicted molar refractivity (Wildman–Crippen MR) is 83.2 cm³/mol. The quantitative estimate of drug-likeness (QED) is 0.859. The maximum atomic E-state index is 8.88. The van der Waals surface area contributed by atoms with Gasteiger partial charge in [0.05, 0.1) is 19.0 Å². The molecule has 0 atom stereocenters. The van der Waals surface area contributed by atoms with Crippen LogP contribution < -0.4 is 15.4 Å². The second-order valence-corrected chi connectivity index (χ2v) is 5.10. The molecule has 2 N–H and O–H groups in total. The van der Waals surface area contributed by atoms with Gasteiger partial charge >= 0.3 is 0 Å². The molecule has 1 aliphatic rings. The SMILES string of the molecule is N#CCc1cc(N2CCOc3ccccc3C2)ccc1N. The Hall–Kier alpha value is -2.67. The normalized spacial score (nSPS) is 13.8. The average molecular weight is 279 g/mol. The van der Waals surface area contributed by atoms with Gasteiger partial charge in [0.1, 0.15) is 12.4 Å². The summed E-state index contributed by atoms with van der Waals surface area (Å²) in [5.74, 6) is 0.952. The highest BCUT2D eigenvalue weighted by Crippen LogP contribution is 2.28. The fraction of sp³-hybridized carbons (Fsp3) is 0.235. The molecule has 106 valence electrons. The van der Waals surface area contributed by atoms with Gasteiger partial charge < -0.3 is 15.4 Å². The summed E-state index contributed by atoms with van der Waals surface area (Å²) in [5.41, 5.74) is 9.73. The fourth-order valence-electron chi connectivity index (χ4n) is 2.57. The van der Waals surface area contributed by atoms with Crippen LogP contribution in [0.5, 0.6) is 5.75 Å². The summed E-state index contributed by atoms with van der Waals surface area (Å²) >= 11 is 0. The smallest absolute Gasteiger partial charge is 0.124 e. The van der Waals surface area contributed by atoms with Crippen LogP contribution in [0.2, 0.25) is 0 Å². The largest absolute Gasteiger partial charge is 0.491 e. The number of nitrogens with two attached hydrogens (primary N) is 1. The Morgan fingerprint density at radius 1 is 1.24 bits per heavy atom. The summed E-state index contributed by atoms with van der Waals surface area (Å²) in [4.78, 5) is 2.26. The molecule has 0 saturated heterocycles. The van der Waals surface area contributed by atoms with Crippen molar-refractivity contribution < 1.29 is 4.74 Å². The fourth-order valence-corrected chi connectivity index (χ4v) is 2.57. The molecular weight excluding hydrogens is 262 g/mol. The van der Waals surface area contributed by atoms with Crippen LogP contribution in [0, 0.1) is 11.3 Å². The van der Waals surface area contributed by atoms with Crippen molar-refractivity contribution in [1.29, 1.82) is 5.26 Å². The Morgan fingerprint density at radius 3 is 2.95 bits per heavy atom. The third kappa shape index (κ3) is 2.77. The van der Waals surface area contributed by atoms with Crippen LogP contribution >= 0.6 is 0 Å². The summed E-state index contributed by atoms with van der Waals surface area (Å²) in [7, 11) is 0. The van der Waals surface area contributed by atoms with Crippen molar-refractivity contribution in [3.63, 3.8) is 0 Å². The lowest BCUT2D eigenvalue weighted by Gasteiger charge is -2.23. The lowest BCUT2D eigenvalue weighted by Crippen LogP contribution is -2.25. The highest BCUT2D eigenvalue weighted by Gasteiger charge is 2.16. The van der Waals surface area contributed by atoms with Crippen LogP contribution in [-0.4, -0.2) is 13.2 Å². The van der Waals surface area contributed by atoms with E-state index in [1.54, 1.807) is 0 Å². The van der Waals surface area contributed by atoms with Gasteiger partial charge in [-0.25, -0.2) is 0 Å². The molecule has 0 saturated carbocycles. The van der Waals surface area contributed by atoms with Gasteiger partial charge in [0.25, 0.3) is 0 Å². The van der Waals surface area contributed by atoms with E-state index in [1.807, 2.05) is 36.4 Å². The molecule has 0 aromatic heterocycles. The summed E-state index contributed by atoms with van der Waals surface area (Å²) in [6.45, 7) is 2.26. The minimum Gasteiger partial charge on any atom is -0.491 e. The molecule has 4 nitrogen and oxygen atoms in total. The number of nitrogen functional groups attached to an aromatic ring is 1. The summed E-state index contributed by atoms with van der Waals surface area (Å²) in [5, 5.41) is 8.88. The average Bonchev–Trinajstić information content (AvgIpc) is 2.72. The monoisotopic (exact) mass is 279 g/mol. The Bertz CT molecular complexity index is 691. The van der Waals surface area contributed by atoms with E-state index in [1.165, 1.54) is 5.56 Å². The lowest BCUT2D eigenvalue weighted by molar-refractivity contribution is 0.331. The zero-order chi connectivity index (χ0) is 14.7. The molecule has 0 bridgehead atoms. The van der Waals surface area contributed by atoms with Crippen molar-refractivity contribution in [2.75, 3.05) is 23.8 Å². The van der Waals surface area contributed by atoms with Gasteiger partial charge in [0, 0.05) is 23.5 Å². The molecule has 0 amide bonds. The molecule has 0 fully saturated rings. The van der Waals surface area contributed by atoms with Crippen molar-refractivity contribution in [3.05, 3.63) is 53.6 Å². The molecule has 3 rings (SSSR count). The topological polar surface area (TPSA) is 62.3 Å². The maximum Gasteiger partial charge on any atom is 0.124 e. The van der Waals surface area contributed by atoms with Gasteiger partial charge in [-0.3, -0.25) is 0 Å². The molecule has 21 heavy (non-hydrogen) atoms. The summed E-state index contributed by atoms with van der Waals surface area (Å²) in [6.07, 6.45) is 0.334. The highest BCUT2D eigenvalue weighted by atomic mass is 16.5. The number of ether oxygens (including phenoxy) is 1. The third-order valence-corrected chi connectivity index (χ3v) is 3.71. The molecule has 0 radical (unpaired) electrons. The molecule has 4 heteroatoms. The van der Waals surface area contributed by atoms with Crippen molar-refractivity contribution in [1.82, 2.24) is 0 Å². The van der Waals surface area contributed by atoms with Crippen LogP contribution in [0.4, 0.5) is 11.4 Å². The van der Waals surface area contributed by atoms with E-state index >= 15 is 0 Å². The highest BCUT2D eigenvalue weighted by molar-refractivity contribution is 5.60. The number of nitrogens with zero attached hydrogens (tertiary/aromatic N) is 2. The first-order valence-corrected chi connectivity index (χ1v) is 6.99. The summed E-state index contributed by atoms with van der Waals surface area (Å²) in [6, 6.07) is 16.1. The lowest BCUT2D eigenvalue weighted by atomic mass is 10.1. The van der Waals surface area contributed by atoms with Crippen LogP contribution in [-0.2, 0) is 13.0 Å². The van der Waals surface area contributed by atoms with Crippen molar-refractivity contribution >= 4 is 11.4 Å². The first-order chi connectivity index (χ1) is 10.3. The molecule has 2 aromatic carbocycles. The van der Waals surface area contributed by atoms with E-state index in [4.69, 9.17) is 15.7 Å². The van der Waals surface area contributed by atoms with Crippen LogP contribution in [0.15, 0.2) is 42.5 Å². The zero-order valence-corrected chi connectivity index (χ0v) is 11.7. The molecule has 1 aliphatic heterocycles. The van der Waals surface area contributed by atoms with Crippen LogP contribution in [0.1, 0.15) is 11.1 Å². The first-order valence-electron chi connectivity index (χ1n) is 6.99. The van der Waals surface area contributed by atoms with E-state index in [0.717, 1.165) is 30.1 Å². The Labute approximate surface area is 124 Å². The van der Waals surface area contributed by atoms with E-state index in [9.17, 15) is 0 Å². The van der Waals surface area contributed by atoms with E-state index in [-0.39, 0.29) is 0 Å². The van der Waals surface area contributed by atoms with Crippen molar-refractivity contribution in [3.8, 4) is 11.8 Å². The maximum absolute atomic E-state index is 8.88. The van der Waals surface area contributed by atoms with Gasteiger partial charge in [-0.1, -0.05) is 18.2 Å². The minimum atomic E-state index is 0.334. The first kappa shape index (κ1) is 13.3. The number of rotatable bonds is 2. The van der Waals surface area contributed by atoms with Gasteiger partial charge in [-0.15, -0.1) is 0 Å². The van der Waals surface area contributed by atoms with Gasteiger partial charge in [-0.05, 0) is 29.8 Å². The third-order valence-electron chi connectivity index (χ3n) is 3.71. The Balaban J connectivity index is 1.91. The van der Waals surface area contributed by atoms with E-state index in [2.05, 4.69) is 17.0 Å². The molecular formula is C17H17N3O. The number of benzene rings is 2. The number of fused-ring (bicyclic) bond motifs is 1. The van der Waals surface area contributed by atoms with Crippen molar-refractivity contribution in [2.45, 2.75) is 13.0 Å². The molecule has 1 heterocycles. The zero-order valence-electron chi connectivity index (χ0n) is 11.7. The van der Waals surface area contributed by atoms with E-state index < -0.39 is 0 Å². The molecule has 0 spiro atoms. The van der Waals surface area contributed by atoms with Crippen LogP contribution in [0.25, 0.3) is 0 Å². The molecule has 2 aromatic rings. The minimum absolute atomic E-state index is 0.334. The van der Waals surface area contributed by atoms with Gasteiger partial charge in [0.2, 0.25) is 0 Å². The second-order valence-electron chi connectivity index (χ2n) is 5.10. The summed E-state index contributed by atoms with van der Waals surface area (Å²) < 4.78 is 5.78. The number of hydrogen-bond donors (Lipinski definition) is 1. The Morgan fingerprint density at radius 2 is 2.10 bits per heavy atom. The molecule has 0 aliphatic carbocycles. The second kappa shape index (κ2) is 5.76. The number of anilines is 2. The molecule has 0 unspecified atom stereocenters. The van der Waals surface area contributed by atoms with Gasteiger partial charge in [-0.2, -0.15) is 5.26 Å². The van der Waals surface area contributed by atoms with Gasteiger partial charge in [0.15, 0.2) is 0 Å². The van der Waals surface area contributed by atoms with Crippen LogP contribution in [0.3, 0.4) is 0 Å². The predicted octanol–water partition coefficient (Wildman–Crippen LogP) is 2.73. The Kier molecular flexibility index (Phi) is 3.65. The standard InChI is InChI=1S/C17H17N3O/c18-8-7-13-11-15(5-6-16(13)19)20-9-10-21-17-4-2-1-3-14(17)12-20/h1-6,11H,7,9-10,12,19H2.